The molecule has 6 nitrogen and oxygen atoms in total. The molecular weight excluding hydrogens is 242 g/mol. The topological polar surface area (TPSA) is 67.5 Å². The molecule has 0 aromatic carbocycles. The molecule has 0 bridgehead atoms. The third-order valence-electron chi connectivity index (χ3n) is 4.02. The van der Waals surface area contributed by atoms with Crippen molar-refractivity contribution in [3.63, 3.8) is 0 Å². The fraction of sp³-hybridized carbons (Fsp3) is 0.692. The zero-order valence-electron chi connectivity index (χ0n) is 11.2. The van der Waals surface area contributed by atoms with Crippen molar-refractivity contribution in [2.75, 3.05) is 50.0 Å². The molecule has 0 aliphatic carbocycles. The summed E-state index contributed by atoms with van der Waals surface area (Å²) in [4.78, 5) is 13.1. The van der Waals surface area contributed by atoms with Gasteiger partial charge in [0.05, 0.1) is 13.2 Å². The number of nitrogens with zero attached hydrogens (tertiary/aromatic N) is 4. The number of piperidine rings is 1. The number of hydrogen-bond acceptors (Lipinski definition) is 6. The number of aromatic nitrogens is 2. The Bertz CT molecular complexity index is 413. The lowest BCUT2D eigenvalue weighted by atomic mass is 10.0. The number of nitrogens with two attached hydrogens (primary N) is 1. The maximum atomic E-state index is 5.71. The Balaban J connectivity index is 1.57. The van der Waals surface area contributed by atoms with Crippen LogP contribution < -0.4 is 10.6 Å². The summed E-state index contributed by atoms with van der Waals surface area (Å²) in [5, 5.41) is 0. The average molecular weight is 263 g/mol. The van der Waals surface area contributed by atoms with Crippen LogP contribution in [0.3, 0.4) is 0 Å². The fourth-order valence-electron chi connectivity index (χ4n) is 2.94. The molecule has 0 spiro atoms. The van der Waals surface area contributed by atoms with E-state index < -0.39 is 0 Å². The molecule has 3 rings (SSSR count). The highest BCUT2D eigenvalue weighted by Gasteiger charge is 2.26. The molecule has 3 heterocycles. The van der Waals surface area contributed by atoms with Gasteiger partial charge in [0.2, 0.25) is 0 Å². The number of anilines is 2. The smallest absolute Gasteiger partial charge is 0.134 e. The minimum atomic E-state index is 0.542. The first-order chi connectivity index (χ1) is 9.33. The van der Waals surface area contributed by atoms with Crippen LogP contribution >= 0.6 is 0 Å². The maximum Gasteiger partial charge on any atom is 0.134 e. The number of ether oxygens (including phenoxy) is 1. The Hall–Kier alpha value is -1.40. The number of nitrogen functional groups attached to an aromatic ring is 1. The SMILES string of the molecule is Nc1cc(N2CCC(N3CCOCC3)CC2)ncn1. The Morgan fingerprint density at radius 1 is 1.11 bits per heavy atom. The van der Waals surface area contributed by atoms with Crippen LogP contribution in [0.5, 0.6) is 0 Å². The number of rotatable bonds is 2. The maximum absolute atomic E-state index is 5.71. The molecule has 2 fully saturated rings. The molecule has 1 aromatic heterocycles. The largest absolute Gasteiger partial charge is 0.384 e. The van der Waals surface area contributed by atoms with Crippen LogP contribution in [0.25, 0.3) is 0 Å². The number of hydrogen-bond donors (Lipinski definition) is 1. The second kappa shape index (κ2) is 5.71. The van der Waals surface area contributed by atoms with Gasteiger partial charge in [-0.05, 0) is 12.8 Å². The molecule has 2 saturated heterocycles. The van der Waals surface area contributed by atoms with E-state index in [0.717, 1.165) is 45.2 Å². The van der Waals surface area contributed by atoms with Gasteiger partial charge in [-0.15, -0.1) is 0 Å². The van der Waals surface area contributed by atoms with E-state index in [-0.39, 0.29) is 0 Å². The zero-order chi connectivity index (χ0) is 13.1. The summed E-state index contributed by atoms with van der Waals surface area (Å²) in [6.07, 6.45) is 3.91. The van der Waals surface area contributed by atoms with E-state index in [0.29, 0.717) is 11.9 Å². The van der Waals surface area contributed by atoms with Gasteiger partial charge >= 0.3 is 0 Å². The molecule has 104 valence electrons. The van der Waals surface area contributed by atoms with Crippen LogP contribution in [-0.2, 0) is 4.74 Å². The van der Waals surface area contributed by atoms with Gasteiger partial charge in [-0.25, -0.2) is 9.97 Å². The first kappa shape index (κ1) is 12.6. The van der Waals surface area contributed by atoms with Gasteiger partial charge in [-0.3, -0.25) is 4.90 Å². The predicted octanol–water partition coefficient (Wildman–Crippen LogP) is 0.360. The molecule has 2 N–H and O–H groups in total. The molecule has 2 aliphatic heterocycles. The first-order valence-electron chi connectivity index (χ1n) is 6.97. The van der Waals surface area contributed by atoms with Crippen molar-refractivity contribution in [3.8, 4) is 0 Å². The highest BCUT2D eigenvalue weighted by atomic mass is 16.5. The molecule has 6 heteroatoms. The van der Waals surface area contributed by atoms with Crippen LogP contribution in [0.4, 0.5) is 11.6 Å². The molecule has 0 atom stereocenters. The summed E-state index contributed by atoms with van der Waals surface area (Å²) in [5.41, 5.74) is 5.71. The van der Waals surface area contributed by atoms with Crippen molar-refractivity contribution in [2.24, 2.45) is 0 Å². The van der Waals surface area contributed by atoms with Gasteiger partial charge in [-0.2, -0.15) is 0 Å². The van der Waals surface area contributed by atoms with E-state index in [2.05, 4.69) is 19.8 Å². The highest BCUT2D eigenvalue weighted by Crippen LogP contribution is 2.22. The van der Waals surface area contributed by atoms with E-state index in [1.165, 1.54) is 12.8 Å². The first-order valence-corrected chi connectivity index (χ1v) is 6.97. The fourth-order valence-corrected chi connectivity index (χ4v) is 2.94. The van der Waals surface area contributed by atoms with Gasteiger partial charge in [0.1, 0.15) is 18.0 Å². The standard InChI is InChI=1S/C13H21N5O/c14-12-9-13(16-10-15-12)18-3-1-11(2-4-18)17-5-7-19-8-6-17/h9-11H,1-8H2,(H2,14,15,16). The second-order valence-electron chi connectivity index (χ2n) is 5.17. The van der Waals surface area contributed by atoms with Gasteiger partial charge in [0.25, 0.3) is 0 Å². The number of morpholine rings is 1. The molecular formula is C13H21N5O. The van der Waals surface area contributed by atoms with Crippen molar-refractivity contribution in [1.82, 2.24) is 14.9 Å². The third kappa shape index (κ3) is 2.96. The van der Waals surface area contributed by atoms with Crippen molar-refractivity contribution in [2.45, 2.75) is 18.9 Å². The summed E-state index contributed by atoms with van der Waals surface area (Å²) in [5.74, 6) is 1.49. The van der Waals surface area contributed by atoms with Crippen molar-refractivity contribution in [1.29, 1.82) is 0 Å². The molecule has 0 unspecified atom stereocenters. The van der Waals surface area contributed by atoms with Crippen LogP contribution in [0.1, 0.15) is 12.8 Å². The quantitative estimate of drug-likeness (QED) is 0.831. The van der Waals surface area contributed by atoms with Crippen LogP contribution in [0.15, 0.2) is 12.4 Å². The van der Waals surface area contributed by atoms with E-state index in [9.17, 15) is 0 Å². The normalized spacial score (nSPS) is 22.6. The van der Waals surface area contributed by atoms with E-state index in [4.69, 9.17) is 10.5 Å². The minimum absolute atomic E-state index is 0.542. The van der Waals surface area contributed by atoms with Crippen LogP contribution in [0, 0.1) is 0 Å². The van der Waals surface area contributed by atoms with Crippen molar-refractivity contribution < 1.29 is 4.74 Å². The van der Waals surface area contributed by atoms with Gasteiger partial charge < -0.3 is 15.4 Å². The third-order valence-corrected chi connectivity index (χ3v) is 4.02. The van der Waals surface area contributed by atoms with Gasteiger partial charge in [-0.1, -0.05) is 0 Å². The highest BCUT2D eigenvalue weighted by molar-refractivity contribution is 5.46. The molecule has 19 heavy (non-hydrogen) atoms. The Morgan fingerprint density at radius 2 is 1.84 bits per heavy atom. The van der Waals surface area contributed by atoms with Crippen LogP contribution in [0.2, 0.25) is 0 Å². The Labute approximate surface area is 113 Å². The monoisotopic (exact) mass is 263 g/mol. The second-order valence-corrected chi connectivity index (χ2v) is 5.17. The summed E-state index contributed by atoms with van der Waals surface area (Å²) in [6.45, 7) is 5.98. The minimum Gasteiger partial charge on any atom is -0.384 e. The van der Waals surface area contributed by atoms with E-state index >= 15 is 0 Å². The Kier molecular flexibility index (Phi) is 3.79. The van der Waals surface area contributed by atoms with Gasteiger partial charge in [0.15, 0.2) is 0 Å². The molecule has 2 aliphatic rings. The summed E-state index contributed by atoms with van der Waals surface area (Å²) >= 11 is 0. The lowest BCUT2D eigenvalue weighted by Gasteiger charge is -2.40. The summed E-state index contributed by atoms with van der Waals surface area (Å²) in [6, 6.07) is 2.55. The summed E-state index contributed by atoms with van der Waals surface area (Å²) < 4.78 is 5.41. The molecule has 0 saturated carbocycles. The van der Waals surface area contributed by atoms with E-state index in [1.807, 2.05) is 6.07 Å². The molecule has 0 radical (unpaired) electrons. The van der Waals surface area contributed by atoms with Gasteiger partial charge in [0, 0.05) is 38.3 Å². The molecule has 0 amide bonds. The zero-order valence-corrected chi connectivity index (χ0v) is 11.2. The Morgan fingerprint density at radius 3 is 2.53 bits per heavy atom. The van der Waals surface area contributed by atoms with E-state index in [1.54, 1.807) is 6.33 Å². The van der Waals surface area contributed by atoms with Crippen molar-refractivity contribution >= 4 is 11.6 Å². The van der Waals surface area contributed by atoms with Crippen molar-refractivity contribution in [3.05, 3.63) is 12.4 Å². The lowest BCUT2D eigenvalue weighted by molar-refractivity contribution is 0.0115. The average Bonchev–Trinajstić information content (AvgIpc) is 2.48. The van der Waals surface area contributed by atoms with Crippen LogP contribution in [-0.4, -0.2) is 60.3 Å². The molecule has 1 aromatic rings. The lowest BCUT2D eigenvalue weighted by Crippen LogP contribution is -2.49. The predicted molar refractivity (Wildman–Crippen MR) is 74.1 cm³/mol. The summed E-state index contributed by atoms with van der Waals surface area (Å²) in [7, 11) is 0.